The molecule has 0 saturated heterocycles. The number of ether oxygens (including phenoxy) is 1. The lowest BCUT2D eigenvalue weighted by Crippen LogP contribution is -2.38. The molecule has 0 radical (unpaired) electrons. The number of anilines is 2. The molecule has 1 amide bonds. The van der Waals surface area contributed by atoms with E-state index in [9.17, 15) is 9.18 Å². The number of halogens is 1. The first-order valence-electron chi connectivity index (χ1n) is 11.4. The Morgan fingerprint density at radius 2 is 2.09 bits per heavy atom. The molecule has 0 aromatic carbocycles. The third-order valence-electron chi connectivity index (χ3n) is 6.53. The molecule has 0 aliphatic heterocycles. The Hall–Kier alpha value is -3.17. The van der Waals surface area contributed by atoms with E-state index in [4.69, 9.17) is 4.74 Å². The summed E-state index contributed by atoms with van der Waals surface area (Å²) in [6.45, 7) is 8.30. The molecule has 33 heavy (non-hydrogen) atoms. The zero-order valence-electron chi connectivity index (χ0n) is 19.4. The van der Waals surface area contributed by atoms with Crippen LogP contribution in [0.5, 0.6) is 0 Å². The molecule has 3 heterocycles. The summed E-state index contributed by atoms with van der Waals surface area (Å²) < 4.78 is 21.8. The van der Waals surface area contributed by atoms with Gasteiger partial charge in [0.25, 0.3) is 0 Å². The molecule has 2 fully saturated rings. The molecule has 176 valence electrons. The molecule has 9 nitrogen and oxygen atoms in total. The second-order valence-corrected chi connectivity index (χ2v) is 10.5. The highest BCUT2D eigenvalue weighted by molar-refractivity contribution is 5.72. The molecule has 0 bridgehead atoms. The molecule has 3 N–H and O–H groups in total. The highest BCUT2D eigenvalue weighted by Gasteiger charge is 2.42. The van der Waals surface area contributed by atoms with E-state index in [2.05, 4.69) is 51.7 Å². The van der Waals surface area contributed by atoms with Crippen LogP contribution < -0.4 is 10.6 Å². The minimum atomic E-state index is -1.20. The molecule has 2 aliphatic carbocycles. The SMILES string of the molecule is CC1(NC(=O)O[C@H]2C[C@@H](c3cc(Nc4nccn5nc(C(C)(C)C)cc45)n[nH]3)C[C@H]2F)CC1. The molecule has 3 aromatic heterocycles. The van der Waals surface area contributed by atoms with Gasteiger partial charge in [-0.1, -0.05) is 20.8 Å². The van der Waals surface area contributed by atoms with Gasteiger partial charge in [-0.2, -0.15) is 10.2 Å². The van der Waals surface area contributed by atoms with Crippen molar-refractivity contribution in [1.29, 1.82) is 0 Å². The van der Waals surface area contributed by atoms with Gasteiger partial charge in [-0.15, -0.1) is 0 Å². The predicted molar refractivity (Wildman–Crippen MR) is 121 cm³/mol. The molecule has 2 saturated carbocycles. The Kier molecular flexibility index (Phi) is 5.06. The minimum absolute atomic E-state index is 0.0833. The lowest BCUT2D eigenvalue weighted by Gasteiger charge is -2.17. The highest BCUT2D eigenvalue weighted by atomic mass is 19.1. The topological polar surface area (TPSA) is 109 Å². The quantitative estimate of drug-likeness (QED) is 0.528. The number of aromatic amines is 1. The number of fused-ring (bicyclic) bond motifs is 1. The van der Waals surface area contributed by atoms with Crippen LogP contribution in [0.3, 0.4) is 0 Å². The number of aromatic nitrogens is 5. The Morgan fingerprint density at radius 1 is 1.30 bits per heavy atom. The molecule has 3 atom stereocenters. The largest absolute Gasteiger partial charge is 0.443 e. The number of alkyl carbamates (subject to hydrolysis) is 1. The molecular weight excluding hydrogens is 425 g/mol. The van der Waals surface area contributed by atoms with Crippen molar-refractivity contribution in [2.45, 2.75) is 82.5 Å². The lowest BCUT2D eigenvalue weighted by atomic mass is 9.92. The van der Waals surface area contributed by atoms with Crippen LogP contribution in [0.1, 0.15) is 70.7 Å². The smallest absolute Gasteiger partial charge is 0.407 e. The Balaban J connectivity index is 1.26. The first-order valence-corrected chi connectivity index (χ1v) is 11.4. The molecule has 0 spiro atoms. The maximum Gasteiger partial charge on any atom is 0.407 e. The third-order valence-corrected chi connectivity index (χ3v) is 6.53. The number of carbonyl (C=O) groups excluding carboxylic acids is 1. The number of nitrogens with one attached hydrogen (secondary N) is 3. The summed E-state index contributed by atoms with van der Waals surface area (Å²) in [5.41, 5.74) is 2.34. The Morgan fingerprint density at radius 3 is 2.82 bits per heavy atom. The summed E-state index contributed by atoms with van der Waals surface area (Å²) in [4.78, 5) is 16.5. The highest BCUT2D eigenvalue weighted by Crippen LogP contribution is 2.39. The van der Waals surface area contributed by atoms with Crippen molar-refractivity contribution >= 4 is 23.2 Å². The normalized spacial score (nSPS) is 24.1. The summed E-state index contributed by atoms with van der Waals surface area (Å²) in [5.74, 6) is 1.12. The minimum Gasteiger partial charge on any atom is -0.443 e. The third kappa shape index (κ3) is 4.51. The van der Waals surface area contributed by atoms with Crippen molar-refractivity contribution in [3.63, 3.8) is 0 Å². The van der Waals surface area contributed by atoms with Crippen molar-refractivity contribution in [3.05, 3.63) is 35.9 Å². The summed E-state index contributed by atoms with van der Waals surface area (Å²) in [5, 5.41) is 18.0. The first kappa shape index (κ1) is 21.7. The first-order chi connectivity index (χ1) is 15.6. The number of alkyl halides is 1. The maximum atomic E-state index is 14.6. The number of carbonyl (C=O) groups is 1. The van der Waals surface area contributed by atoms with E-state index in [0.29, 0.717) is 18.1 Å². The van der Waals surface area contributed by atoms with Gasteiger partial charge in [-0.3, -0.25) is 5.10 Å². The van der Waals surface area contributed by atoms with Crippen LogP contribution in [0.25, 0.3) is 5.52 Å². The number of nitrogens with zero attached hydrogens (tertiary/aromatic N) is 4. The Bertz CT molecular complexity index is 1180. The number of H-pyrrole nitrogens is 1. The van der Waals surface area contributed by atoms with Gasteiger partial charge in [-0.05, 0) is 38.7 Å². The van der Waals surface area contributed by atoms with E-state index >= 15 is 0 Å². The number of rotatable bonds is 5. The zero-order chi connectivity index (χ0) is 23.4. The maximum absolute atomic E-state index is 14.6. The predicted octanol–water partition coefficient (Wildman–Crippen LogP) is 4.36. The monoisotopic (exact) mass is 455 g/mol. The van der Waals surface area contributed by atoms with Crippen molar-refractivity contribution in [2.24, 2.45) is 0 Å². The van der Waals surface area contributed by atoms with Crippen molar-refractivity contribution in [3.8, 4) is 0 Å². The van der Waals surface area contributed by atoms with Gasteiger partial charge in [0.2, 0.25) is 0 Å². The van der Waals surface area contributed by atoms with Gasteiger partial charge < -0.3 is 15.4 Å². The van der Waals surface area contributed by atoms with E-state index in [0.717, 1.165) is 29.7 Å². The van der Waals surface area contributed by atoms with Crippen molar-refractivity contribution < 1.29 is 13.9 Å². The molecular formula is C23H30FN7O2. The van der Waals surface area contributed by atoms with Crippen LogP contribution in [0.4, 0.5) is 20.8 Å². The molecule has 0 unspecified atom stereocenters. The average molecular weight is 456 g/mol. The summed E-state index contributed by atoms with van der Waals surface area (Å²) in [7, 11) is 0. The summed E-state index contributed by atoms with van der Waals surface area (Å²) in [6.07, 6.45) is 3.55. The lowest BCUT2D eigenvalue weighted by molar-refractivity contribution is 0.0583. The van der Waals surface area contributed by atoms with E-state index < -0.39 is 18.4 Å². The van der Waals surface area contributed by atoms with Gasteiger partial charge in [0.1, 0.15) is 17.8 Å². The fourth-order valence-corrected chi connectivity index (χ4v) is 4.17. The fourth-order valence-electron chi connectivity index (χ4n) is 4.17. The van der Waals surface area contributed by atoms with Crippen molar-refractivity contribution in [1.82, 2.24) is 30.1 Å². The van der Waals surface area contributed by atoms with Crippen LogP contribution >= 0.6 is 0 Å². The van der Waals surface area contributed by atoms with Crippen LogP contribution in [0, 0.1) is 0 Å². The van der Waals surface area contributed by atoms with Crippen molar-refractivity contribution in [2.75, 3.05) is 5.32 Å². The second kappa shape index (κ2) is 7.71. The average Bonchev–Trinajstić information content (AvgIpc) is 3.13. The fraction of sp³-hybridized carbons (Fsp3) is 0.565. The second-order valence-electron chi connectivity index (χ2n) is 10.5. The van der Waals surface area contributed by atoms with Crippen LogP contribution in [0.15, 0.2) is 24.5 Å². The van der Waals surface area contributed by atoms with Crippen LogP contribution in [0.2, 0.25) is 0 Å². The van der Waals surface area contributed by atoms with Gasteiger partial charge in [0.05, 0.1) is 5.69 Å². The van der Waals surface area contributed by atoms with Crippen LogP contribution in [-0.2, 0) is 10.2 Å². The standard InChI is InChI=1S/C23H30FN7O2/c1-22(2,3)18-12-16-20(25-7-8-31(16)30-18)26-19-11-15(28-29-19)13-9-14(24)17(10-13)33-21(32)27-23(4)5-6-23/h7-8,11-14,17H,5-6,9-10H2,1-4H3,(H,27,32)(H2,25,26,28,29)/t13-,14+,17-/m0/s1. The van der Waals surface area contributed by atoms with Gasteiger partial charge in [-0.25, -0.2) is 18.7 Å². The number of hydrogen-bond donors (Lipinski definition) is 3. The molecule has 10 heteroatoms. The van der Waals surface area contributed by atoms with Gasteiger partial charge in [0.15, 0.2) is 11.6 Å². The van der Waals surface area contributed by atoms with E-state index in [1.54, 1.807) is 10.7 Å². The number of amides is 1. The Labute approximate surface area is 191 Å². The summed E-state index contributed by atoms with van der Waals surface area (Å²) >= 11 is 0. The number of hydrogen-bond acceptors (Lipinski definition) is 6. The molecule has 3 aromatic rings. The van der Waals surface area contributed by atoms with Gasteiger partial charge in [0, 0.05) is 41.0 Å². The zero-order valence-corrected chi connectivity index (χ0v) is 19.4. The van der Waals surface area contributed by atoms with Crippen LogP contribution in [-0.4, -0.2) is 48.7 Å². The summed E-state index contributed by atoms with van der Waals surface area (Å²) in [6, 6.07) is 3.87. The van der Waals surface area contributed by atoms with E-state index in [1.807, 2.05) is 25.3 Å². The molecule has 5 rings (SSSR count). The van der Waals surface area contributed by atoms with E-state index in [1.165, 1.54) is 0 Å². The molecule has 2 aliphatic rings. The van der Waals surface area contributed by atoms with Gasteiger partial charge >= 0.3 is 6.09 Å². The van der Waals surface area contributed by atoms with E-state index in [-0.39, 0.29) is 23.3 Å².